The molecule has 4 nitrogen and oxygen atoms in total. The molecule has 1 aliphatic carbocycles. The Hall–Kier alpha value is -0.810. The van der Waals surface area contributed by atoms with Gasteiger partial charge in [-0.25, -0.2) is 0 Å². The molecule has 2 atom stereocenters. The molecule has 0 spiro atoms. The summed E-state index contributed by atoms with van der Waals surface area (Å²) in [5.41, 5.74) is 7.33. The van der Waals surface area contributed by atoms with Crippen LogP contribution in [0.25, 0.3) is 0 Å². The first-order chi connectivity index (χ1) is 11.1. The molecule has 1 saturated heterocycles. The van der Waals surface area contributed by atoms with Crippen molar-refractivity contribution in [2.45, 2.75) is 50.7 Å². The van der Waals surface area contributed by atoms with Crippen LogP contribution in [0.15, 0.2) is 30.3 Å². The molecular formula is C19H31Cl2N3O. The Morgan fingerprint density at radius 3 is 2.32 bits per heavy atom. The summed E-state index contributed by atoms with van der Waals surface area (Å²) in [5.74, 6) is 0.483. The Morgan fingerprint density at radius 1 is 1.12 bits per heavy atom. The summed E-state index contributed by atoms with van der Waals surface area (Å²) in [6, 6.07) is 11.2. The van der Waals surface area contributed by atoms with Crippen molar-refractivity contribution in [3.8, 4) is 0 Å². The van der Waals surface area contributed by atoms with E-state index in [0.717, 1.165) is 51.7 Å². The average molecular weight is 388 g/mol. The molecule has 1 amide bonds. The number of nitrogens with two attached hydrogens (primary N) is 1. The quantitative estimate of drug-likeness (QED) is 0.863. The summed E-state index contributed by atoms with van der Waals surface area (Å²) in [7, 11) is 1.99. The van der Waals surface area contributed by atoms with Crippen LogP contribution in [0, 0.1) is 5.92 Å². The first-order valence-corrected chi connectivity index (χ1v) is 8.92. The number of piperidine rings is 1. The molecule has 2 unspecified atom stereocenters. The number of carbonyl (C=O) groups excluding carboxylic acids is 1. The second-order valence-electron chi connectivity index (χ2n) is 7.21. The zero-order valence-corrected chi connectivity index (χ0v) is 16.6. The summed E-state index contributed by atoms with van der Waals surface area (Å²) in [5, 5.41) is 0. The lowest BCUT2D eigenvalue weighted by Gasteiger charge is -2.37. The van der Waals surface area contributed by atoms with Crippen molar-refractivity contribution in [3.05, 3.63) is 35.9 Å². The molecule has 1 heterocycles. The second kappa shape index (κ2) is 10.4. The predicted molar refractivity (Wildman–Crippen MR) is 107 cm³/mol. The van der Waals surface area contributed by atoms with Gasteiger partial charge in [0.05, 0.1) is 0 Å². The van der Waals surface area contributed by atoms with E-state index in [-0.39, 0.29) is 36.8 Å². The fourth-order valence-corrected chi connectivity index (χ4v) is 4.01. The van der Waals surface area contributed by atoms with Crippen LogP contribution in [0.3, 0.4) is 0 Å². The molecule has 142 valence electrons. The van der Waals surface area contributed by atoms with Crippen LogP contribution in [0.5, 0.6) is 0 Å². The third-order valence-corrected chi connectivity index (χ3v) is 5.52. The number of carbonyl (C=O) groups is 1. The van der Waals surface area contributed by atoms with Gasteiger partial charge in [0.25, 0.3) is 0 Å². The lowest BCUT2D eigenvalue weighted by molar-refractivity contribution is -0.137. The summed E-state index contributed by atoms with van der Waals surface area (Å²) in [6.45, 7) is 3.16. The third-order valence-electron chi connectivity index (χ3n) is 5.52. The summed E-state index contributed by atoms with van der Waals surface area (Å²) >= 11 is 0. The molecule has 1 aromatic rings. The van der Waals surface area contributed by atoms with E-state index in [2.05, 4.69) is 35.2 Å². The molecule has 25 heavy (non-hydrogen) atoms. The second-order valence-corrected chi connectivity index (χ2v) is 7.21. The maximum atomic E-state index is 12.6. The van der Waals surface area contributed by atoms with E-state index in [1.807, 2.05) is 11.9 Å². The zero-order valence-electron chi connectivity index (χ0n) is 15.0. The fraction of sp³-hybridized carbons (Fsp3) is 0.632. The average Bonchev–Trinajstić information content (AvgIpc) is 3.02. The van der Waals surface area contributed by atoms with Crippen LogP contribution in [0.4, 0.5) is 0 Å². The topological polar surface area (TPSA) is 49.6 Å². The van der Waals surface area contributed by atoms with E-state index in [1.54, 1.807) is 0 Å². The SMILES string of the molecule is CN(C(=O)C1CCC(N)C1)C1CCN(Cc2ccccc2)CC1.Cl.Cl. The minimum Gasteiger partial charge on any atom is -0.342 e. The van der Waals surface area contributed by atoms with E-state index in [0.29, 0.717) is 11.9 Å². The van der Waals surface area contributed by atoms with E-state index >= 15 is 0 Å². The van der Waals surface area contributed by atoms with Crippen LogP contribution in [0.1, 0.15) is 37.7 Å². The van der Waals surface area contributed by atoms with Crippen molar-refractivity contribution in [1.82, 2.24) is 9.80 Å². The van der Waals surface area contributed by atoms with Crippen molar-refractivity contribution >= 4 is 30.7 Å². The minimum absolute atomic E-state index is 0. The molecule has 2 fully saturated rings. The van der Waals surface area contributed by atoms with Gasteiger partial charge < -0.3 is 10.6 Å². The number of rotatable bonds is 4. The monoisotopic (exact) mass is 387 g/mol. The predicted octanol–water partition coefficient (Wildman–Crippen LogP) is 3.08. The van der Waals surface area contributed by atoms with Gasteiger partial charge in [-0.1, -0.05) is 30.3 Å². The molecule has 1 saturated carbocycles. The number of hydrogen-bond donors (Lipinski definition) is 1. The summed E-state index contributed by atoms with van der Waals surface area (Å²) < 4.78 is 0. The summed E-state index contributed by atoms with van der Waals surface area (Å²) in [6.07, 6.45) is 4.99. The largest absolute Gasteiger partial charge is 0.342 e. The van der Waals surface area contributed by atoms with E-state index in [4.69, 9.17) is 5.73 Å². The van der Waals surface area contributed by atoms with Crippen LogP contribution in [-0.4, -0.2) is 47.9 Å². The minimum atomic E-state index is 0. The molecule has 0 bridgehead atoms. The molecule has 0 aromatic heterocycles. The molecular weight excluding hydrogens is 357 g/mol. The van der Waals surface area contributed by atoms with Gasteiger partial charge in [-0.3, -0.25) is 9.69 Å². The number of hydrogen-bond acceptors (Lipinski definition) is 3. The summed E-state index contributed by atoms with van der Waals surface area (Å²) in [4.78, 5) is 17.1. The van der Waals surface area contributed by atoms with Gasteiger partial charge in [-0.05, 0) is 37.7 Å². The van der Waals surface area contributed by atoms with Gasteiger partial charge in [-0.15, -0.1) is 24.8 Å². The van der Waals surface area contributed by atoms with Crippen molar-refractivity contribution in [1.29, 1.82) is 0 Å². The van der Waals surface area contributed by atoms with Gasteiger partial charge in [0, 0.05) is 44.7 Å². The van der Waals surface area contributed by atoms with Gasteiger partial charge in [0.15, 0.2) is 0 Å². The molecule has 1 aromatic carbocycles. The first-order valence-electron chi connectivity index (χ1n) is 8.92. The highest BCUT2D eigenvalue weighted by Crippen LogP contribution is 2.27. The lowest BCUT2D eigenvalue weighted by atomic mass is 9.99. The van der Waals surface area contributed by atoms with E-state index < -0.39 is 0 Å². The molecule has 2 N–H and O–H groups in total. The zero-order chi connectivity index (χ0) is 16.2. The van der Waals surface area contributed by atoms with Crippen molar-refractivity contribution in [2.24, 2.45) is 11.7 Å². The van der Waals surface area contributed by atoms with Crippen LogP contribution >= 0.6 is 24.8 Å². The standard InChI is InChI=1S/C19H29N3O.2ClH/c1-21(19(23)16-7-8-17(20)13-16)18-9-11-22(12-10-18)14-15-5-3-2-4-6-15;;/h2-6,16-18H,7-14,20H2,1H3;2*1H. The number of likely N-dealkylation sites (tertiary alicyclic amines) is 1. The Labute approximate surface area is 163 Å². The molecule has 3 rings (SSSR count). The van der Waals surface area contributed by atoms with Crippen LogP contribution < -0.4 is 5.73 Å². The highest BCUT2D eigenvalue weighted by molar-refractivity contribution is 5.85. The maximum Gasteiger partial charge on any atom is 0.225 e. The Kier molecular flexibility index (Phi) is 9.22. The number of amides is 1. The van der Waals surface area contributed by atoms with Crippen LogP contribution in [-0.2, 0) is 11.3 Å². The van der Waals surface area contributed by atoms with Gasteiger partial charge in [-0.2, -0.15) is 0 Å². The van der Waals surface area contributed by atoms with Crippen LogP contribution in [0.2, 0.25) is 0 Å². The molecule has 6 heteroatoms. The first kappa shape index (κ1) is 22.2. The van der Waals surface area contributed by atoms with Gasteiger partial charge >= 0.3 is 0 Å². The Morgan fingerprint density at radius 2 is 1.76 bits per heavy atom. The fourth-order valence-electron chi connectivity index (χ4n) is 4.01. The third kappa shape index (κ3) is 5.85. The maximum absolute atomic E-state index is 12.6. The van der Waals surface area contributed by atoms with E-state index in [1.165, 1.54) is 5.56 Å². The Bertz CT molecular complexity index is 521. The number of halogens is 2. The Balaban J connectivity index is 0.00000156. The van der Waals surface area contributed by atoms with Crippen molar-refractivity contribution in [2.75, 3.05) is 20.1 Å². The highest BCUT2D eigenvalue weighted by Gasteiger charge is 2.33. The number of nitrogens with zero attached hydrogens (tertiary/aromatic N) is 2. The molecule has 1 aliphatic heterocycles. The van der Waals surface area contributed by atoms with Gasteiger partial charge in [0.2, 0.25) is 5.91 Å². The normalized spacial score (nSPS) is 24.2. The van der Waals surface area contributed by atoms with Crippen molar-refractivity contribution in [3.63, 3.8) is 0 Å². The lowest BCUT2D eigenvalue weighted by Crippen LogP contribution is -2.47. The molecule has 2 aliphatic rings. The highest BCUT2D eigenvalue weighted by atomic mass is 35.5. The van der Waals surface area contributed by atoms with E-state index in [9.17, 15) is 4.79 Å². The number of benzene rings is 1. The van der Waals surface area contributed by atoms with Gasteiger partial charge in [0.1, 0.15) is 0 Å². The molecule has 0 radical (unpaired) electrons. The smallest absolute Gasteiger partial charge is 0.225 e. The van der Waals surface area contributed by atoms with Crippen molar-refractivity contribution < 1.29 is 4.79 Å².